The van der Waals surface area contributed by atoms with E-state index in [2.05, 4.69) is 174 Å². The van der Waals surface area contributed by atoms with Crippen LogP contribution in [-0.2, 0) is 21.7 Å². The summed E-state index contributed by atoms with van der Waals surface area (Å²) in [5.41, 5.74) is 21.7. The number of fused-ring (bicyclic) bond motifs is 2. The Morgan fingerprint density at radius 1 is 0.261 bits per heavy atom. The summed E-state index contributed by atoms with van der Waals surface area (Å²) in [4.78, 5) is 30.9. The van der Waals surface area contributed by atoms with Crippen LogP contribution in [0.25, 0.3) is 123 Å². The van der Waals surface area contributed by atoms with Crippen molar-refractivity contribution in [3.63, 3.8) is 0 Å². The molecule has 8 heterocycles. The largest absolute Gasteiger partial charge is 0.488 e. The van der Waals surface area contributed by atoms with Crippen LogP contribution in [0.4, 0.5) is 0 Å². The molecule has 0 fully saturated rings. The lowest BCUT2D eigenvalue weighted by molar-refractivity contribution is 0.424. The van der Waals surface area contributed by atoms with Gasteiger partial charge in [-0.3, -0.25) is 0 Å². The van der Waals surface area contributed by atoms with E-state index in [1.807, 2.05) is 97.1 Å². The minimum atomic E-state index is -1.59. The van der Waals surface area contributed by atoms with Crippen molar-refractivity contribution in [1.82, 2.24) is 39.0 Å². The summed E-state index contributed by atoms with van der Waals surface area (Å²) in [5, 5.41) is 44.2. The number of hydrogen-bond donors (Lipinski definition) is 4. The van der Waals surface area contributed by atoms with Gasteiger partial charge in [-0.05, 0) is 79.7 Å². The molecule has 0 unspecified atom stereocenters. The maximum absolute atomic E-state index is 10.0. The van der Waals surface area contributed by atoms with Crippen LogP contribution >= 0.6 is 0 Å². The zero-order valence-corrected chi connectivity index (χ0v) is 52.2. The molecule has 4 aromatic heterocycles. The van der Waals surface area contributed by atoms with E-state index in [-0.39, 0.29) is 21.7 Å². The number of aromatic nitrogens is 8. The summed E-state index contributed by atoms with van der Waals surface area (Å²) < 4.78 is 4.85. The van der Waals surface area contributed by atoms with Crippen LogP contribution in [0.3, 0.4) is 0 Å². The Morgan fingerprint density at radius 2 is 0.500 bits per heavy atom. The molecule has 0 bridgehead atoms. The van der Waals surface area contributed by atoms with Gasteiger partial charge in [0, 0.05) is 76.6 Å². The Bertz CT molecular complexity index is 5030. The molecule has 14 aromatic rings. The summed E-state index contributed by atoms with van der Waals surface area (Å²) in [6.07, 6.45) is 0. The lowest BCUT2D eigenvalue weighted by atomic mass is 9.67. The molecule has 12 nitrogen and oxygen atoms in total. The lowest BCUT2D eigenvalue weighted by Crippen LogP contribution is -2.37. The van der Waals surface area contributed by atoms with Crippen molar-refractivity contribution in [2.75, 3.05) is 0 Å². The minimum absolute atomic E-state index is 0.332. The molecule has 18 rings (SSSR count). The molecular formula is C78H62B2N8O4. The Kier molecular flexibility index (Phi) is 11.9. The van der Waals surface area contributed by atoms with E-state index in [9.17, 15) is 20.1 Å². The van der Waals surface area contributed by atoms with Crippen molar-refractivity contribution >= 4 is 68.8 Å². The van der Waals surface area contributed by atoms with E-state index in [1.165, 1.54) is 55.8 Å². The van der Waals surface area contributed by atoms with Crippen molar-refractivity contribution in [3.05, 3.63) is 251 Å². The molecule has 4 aliphatic rings. The highest BCUT2D eigenvalue weighted by Crippen LogP contribution is 2.58. The van der Waals surface area contributed by atoms with Crippen molar-refractivity contribution in [3.8, 4) is 79.7 Å². The second kappa shape index (κ2) is 19.6. The first-order chi connectivity index (χ1) is 44.3. The zero-order chi connectivity index (χ0) is 63.1. The average molecular weight is 1200 g/mol. The highest BCUT2D eigenvalue weighted by Gasteiger charge is 2.46. The summed E-state index contributed by atoms with van der Waals surface area (Å²) in [6, 6.07) is 70.6. The molecule has 444 valence electrons. The van der Waals surface area contributed by atoms with E-state index < -0.39 is 14.2 Å². The average Bonchev–Trinajstić information content (AvgIpc) is 1.43. The predicted molar refractivity (Wildman–Crippen MR) is 369 cm³/mol. The number of nitrogens with zero attached hydrogens (tertiary/aromatic N) is 8. The minimum Gasteiger partial charge on any atom is -0.423 e. The van der Waals surface area contributed by atoms with E-state index in [4.69, 9.17) is 29.9 Å². The van der Waals surface area contributed by atoms with E-state index in [1.54, 1.807) is 0 Å². The molecule has 4 aliphatic heterocycles. The van der Waals surface area contributed by atoms with Crippen molar-refractivity contribution < 1.29 is 20.1 Å². The topological polar surface area (TPSA) is 168 Å². The summed E-state index contributed by atoms with van der Waals surface area (Å²) >= 11 is 0. The van der Waals surface area contributed by atoms with Crippen LogP contribution in [0.15, 0.2) is 206 Å². The Balaban J connectivity index is 0.000000175. The van der Waals surface area contributed by atoms with Crippen LogP contribution in [0.5, 0.6) is 0 Å². The molecule has 92 heavy (non-hydrogen) atoms. The van der Waals surface area contributed by atoms with Gasteiger partial charge >= 0.3 is 14.2 Å². The lowest BCUT2D eigenvalue weighted by Gasteiger charge is -2.42. The summed E-state index contributed by atoms with van der Waals surface area (Å²) in [6.45, 7) is 18.1. The predicted octanol–water partition coefficient (Wildman–Crippen LogP) is 13.9. The molecule has 0 amide bonds. The quantitative estimate of drug-likeness (QED) is 0.108. The highest BCUT2D eigenvalue weighted by atomic mass is 16.4. The molecule has 0 aliphatic carbocycles. The van der Waals surface area contributed by atoms with Gasteiger partial charge in [0.05, 0.1) is 33.4 Å². The second-order valence-electron chi connectivity index (χ2n) is 27.2. The third kappa shape index (κ3) is 7.94. The standard InChI is InChI=1S/C54H39N7.C24H23B2NO4/c1-53(2)40-26-17-27-41-46(40)61-44-38(28-36(30-42(44)53)51-57-47(32-18-9-5-10-19-32)55-48(58-51)33-20-11-6-12-21-33)39-29-37(31-43(45(39)61)54(41,3)4)52-59-49(34-22-13-7-14-23-34)56-50(60-52)35-24-15-8-16-25-35;1-23(2)16-6-5-7-17-22(16)27-20-14(8-12(25(28)29)10-18(20)23)15-9-13(26(30)31)11-19(21(15)27)24(17,3)4/h5-31H,1-4H3;5-11,28-31H,1-4H3. The fourth-order valence-corrected chi connectivity index (χ4v) is 15.5. The molecule has 10 aromatic carbocycles. The number of hydrogen-bond acceptors (Lipinski definition) is 10. The molecule has 0 spiro atoms. The molecule has 0 saturated heterocycles. The molecular weight excluding hydrogens is 1130 g/mol. The van der Waals surface area contributed by atoms with Crippen molar-refractivity contribution in [2.24, 2.45) is 0 Å². The van der Waals surface area contributed by atoms with Crippen molar-refractivity contribution in [1.29, 1.82) is 0 Å². The normalized spacial score (nSPS) is 15.1. The van der Waals surface area contributed by atoms with Gasteiger partial charge in [0.1, 0.15) is 0 Å². The van der Waals surface area contributed by atoms with Crippen LogP contribution < -0.4 is 10.9 Å². The fraction of sp³-hybridized carbons (Fsp3) is 0.154. The maximum atomic E-state index is 10.0. The molecule has 14 heteroatoms. The van der Waals surface area contributed by atoms with E-state index >= 15 is 0 Å². The van der Waals surface area contributed by atoms with Crippen molar-refractivity contribution in [2.45, 2.75) is 77.0 Å². The van der Waals surface area contributed by atoms with Crippen LogP contribution in [-0.4, -0.2) is 73.4 Å². The third-order valence-corrected chi connectivity index (χ3v) is 20.4. The zero-order valence-electron chi connectivity index (χ0n) is 52.2. The van der Waals surface area contributed by atoms with Crippen LogP contribution in [0.2, 0.25) is 0 Å². The maximum Gasteiger partial charge on any atom is 0.488 e. The van der Waals surface area contributed by atoms with Gasteiger partial charge in [0.25, 0.3) is 0 Å². The summed E-state index contributed by atoms with van der Waals surface area (Å²) in [5.74, 6) is 3.81. The van der Waals surface area contributed by atoms with E-state index in [0.717, 1.165) is 77.1 Å². The smallest absolute Gasteiger partial charge is 0.423 e. The Labute approximate surface area is 532 Å². The van der Waals surface area contributed by atoms with Gasteiger partial charge in [-0.2, -0.15) is 0 Å². The van der Waals surface area contributed by atoms with Crippen LogP contribution in [0.1, 0.15) is 99.9 Å². The number of para-hydroxylation sites is 2. The monoisotopic (exact) mass is 1200 g/mol. The molecule has 0 atom stereocenters. The molecule has 4 N–H and O–H groups in total. The van der Waals surface area contributed by atoms with Gasteiger partial charge in [-0.25, -0.2) is 29.9 Å². The summed E-state index contributed by atoms with van der Waals surface area (Å²) in [7, 11) is -3.18. The third-order valence-electron chi connectivity index (χ3n) is 20.4. The first kappa shape index (κ1) is 55.8. The Morgan fingerprint density at radius 3 is 0.761 bits per heavy atom. The van der Waals surface area contributed by atoms with Gasteiger partial charge < -0.3 is 29.2 Å². The molecule has 0 saturated carbocycles. The number of rotatable bonds is 8. The first-order valence-corrected chi connectivity index (χ1v) is 31.4. The first-order valence-electron chi connectivity index (χ1n) is 31.4. The van der Waals surface area contributed by atoms with Gasteiger partial charge in [0.15, 0.2) is 34.9 Å². The van der Waals surface area contributed by atoms with E-state index in [0.29, 0.717) is 45.9 Å². The van der Waals surface area contributed by atoms with Gasteiger partial charge in [-0.15, -0.1) is 0 Å². The molecule has 0 radical (unpaired) electrons. The second-order valence-corrected chi connectivity index (χ2v) is 27.2. The SMILES string of the molecule is CC1(C)c2cccc3c2-n2c4c1cc(-c1nc(-c5ccccc5)nc(-c5ccccc5)n1)cc4c1cc(-c4nc(-c5ccccc5)nc(-c5ccccc5)n4)cc(c12)C3(C)C.CC1(C)c2cccc3c2-n2c4c1cc(B(O)O)cc4c1cc(B(O)O)cc(c12)C3(C)C. The Hall–Kier alpha value is -10.2. The van der Waals surface area contributed by atoms with Gasteiger partial charge in [0.2, 0.25) is 0 Å². The fourth-order valence-electron chi connectivity index (χ4n) is 15.5. The highest BCUT2D eigenvalue weighted by molar-refractivity contribution is 6.60. The number of benzene rings is 10. The van der Waals surface area contributed by atoms with Crippen LogP contribution in [0, 0.1) is 0 Å². The van der Waals surface area contributed by atoms with Gasteiger partial charge in [-0.1, -0.05) is 237 Å².